The molecule has 1 aliphatic rings. The first-order chi connectivity index (χ1) is 7.73. The van der Waals surface area contributed by atoms with Gasteiger partial charge in [0.05, 0.1) is 6.61 Å². The van der Waals surface area contributed by atoms with E-state index in [2.05, 4.69) is 0 Å². The maximum atomic E-state index is 14.2. The Balaban J connectivity index is 2.37. The highest BCUT2D eigenvalue weighted by Gasteiger charge is 2.39. The van der Waals surface area contributed by atoms with Crippen LogP contribution in [0.2, 0.25) is 0 Å². The van der Waals surface area contributed by atoms with E-state index in [0.717, 1.165) is 24.8 Å². The SMILES string of the molecule is COCc1cccc(C2(CN)CCC2)c1F. The van der Waals surface area contributed by atoms with Gasteiger partial charge < -0.3 is 10.5 Å². The van der Waals surface area contributed by atoms with E-state index in [9.17, 15) is 4.39 Å². The molecule has 1 aromatic rings. The third-order valence-electron chi connectivity index (χ3n) is 3.65. The van der Waals surface area contributed by atoms with E-state index in [1.165, 1.54) is 0 Å². The summed E-state index contributed by atoms with van der Waals surface area (Å²) >= 11 is 0. The Bertz CT molecular complexity index is 369. The second-order valence-corrected chi connectivity index (χ2v) is 4.55. The van der Waals surface area contributed by atoms with Crippen molar-refractivity contribution in [1.29, 1.82) is 0 Å². The largest absolute Gasteiger partial charge is 0.380 e. The molecule has 0 bridgehead atoms. The van der Waals surface area contributed by atoms with Crippen molar-refractivity contribution in [3.63, 3.8) is 0 Å². The lowest BCUT2D eigenvalue weighted by Gasteiger charge is -2.41. The first kappa shape index (κ1) is 11.6. The lowest BCUT2D eigenvalue weighted by atomic mass is 9.64. The van der Waals surface area contributed by atoms with Crippen LogP contribution < -0.4 is 5.73 Å². The number of hydrogen-bond acceptors (Lipinski definition) is 2. The molecule has 1 fully saturated rings. The highest BCUT2D eigenvalue weighted by atomic mass is 19.1. The summed E-state index contributed by atoms with van der Waals surface area (Å²) in [5.74, 6) is -0.130. The van der Waals surface area contributed by atoms with Gasteiger partial charge in [-0.1, -0.05) is 24.6 Å². The van der Waals surface area contributed by atoms with Gasteiger partial charge in [0.15, 0.2) is 0 Å². The Morgan fingerprint density at radius 3 is 2.69 bits per heavy atom. The molecule has 2 rings (SSSR count). The third-order valence-corrected chi connectivity index (χ3v) is 3.65. The fourth-order valence-electron chi connectivity index (χ4n) is 2.44. The fourth-order valence-corrected chi connectivity index (χ4v) is 2.44. The summed E-state index contributed by atoms with van der Waals surface area (Å²) < 4.78 is 19.2. The molecule has 0 atom stereocenters. The normalized spacial score (nSPS) is 18.2. The van der Waals surface area contributed by atoms with Gasteiger partial charge in [0.2, 0.25) is 0 Å². The Morgan fingerprint density at radius 1 is 1.44 bits per heavy atom. The Hall–Kier alpha value is -0.930. The Labute approximate surface area is 95.6 Å². The van der Waals surface area contributed by atoms with Crippen molar-refractivity contribution in [3.8, 4) is 0 Å². The van der Waals surface area contributed by atoms with Crippen molar-refractivity contribution in [3.05, 3.63) is 35.1 Å². The minimum Gasteiger partial charge on any atom is -0.380 e. The summed E-state index contributed by atoms with van der Waals surface area (Å²) in [5.41, 5.74) is 7.08. The third kappa shape index (κ3) is 1.74. The van der Waals surface area contributed by atoms with Crippen LogP contribution in [0.5, 0.6) is 0 Å². The predicted molar refractivity (Wildman–Crippen MR) is 61.7 cm³/mol. The summed E-state index contributed by atoms with van der Waals surface area (Å²) in [6, 6.07) is 5.52. The van der Waals surface area contributed by atoms with Crippen LogP contribution in [0.4, 0.5) is 4.39 Å². The van der Waals surface area contributed by atoms with Gasteiger partial charge in [-0.3, -0.25) is 0 Å². The van der Waals surface area contributed by atoms with E-state index in [4.69, 9.17) is 10.5 Å². The monoisotopic (exact) mass is 223 g/mol. The van der Waals surface area contributed by atoms with E-state index in [-0.39, 0.29) is 11.2 Å². The number of halogens is 1. The maximum absolute atomic E-state index is 14.2. The highest BCUT2D eigenvalue weighted by Crippen LogP contribution is 2.44. The van der Waals surface area contributed by atoms with Gasteiger partial charge in [-0.15, -0.1) is 0 Å². The summed E-state index contributed by atoms with van der Waals surface area (Å²) in [6.45, 7) is 0.848. The lowest BCUT2D eigenvalue weighted by molar-refractivity contribution is 0.179. The molecular formula is C13H18FNO. The highest BCUT2D eigenvalue weighted by molar-refractivity contribution is 5.34. The van der Waals surface area contributed by atoms with Gasteiger partial charge in [-0.2, -0.15) is 0 Å². The topological polar surface area (TPSA) is 35.2 Å². The van der Waals surface area contributed by atoms with Crippen molar-refractivity contribution in [1.82, 2.24) is 0 Å². The van der Waals surface area contributed by atoms with Crippen LogP contribution in [0, 0.1) is 5.82 Å². The average molecular weight is 223 g/mol. The minimum atomic E-state index is -0.130. The number of hydrogen-bond donors (Lipinski definition) is 1. The molecule has 1 aromatic carbocycles. The first-order valence-corrected chi connectivity index (χ1v) is 5.70. The van der Waals surface area contributed by atoms with Crippen molar-refractivity contribution in [2.24, 2.45) is 5.73 Å². The van der Waals surface area contributed by atoms with E-state index in [0.29, 0.717) is 18.7 Å². The standard InChI is InChI=1S/C13H18FNO/c1-16-8-10-4-2-5-11(12(10)14)13(9-15)6-3-7-13/h2,4-5H,3,6-9,15H2,1H3. The average Bonchev–Trinajstić information content (AvgIpc) is 2.23. The zero-order valence-electron chi connectivity index (χ0n) is 9.63. The molecule has 0 saturated heterocycles. The molecule has 0 unspecified atom stereocenters. The molecule has 1 aliphatic carbocycles. The summed E-state index contributed by atoms with van der Waals surface area (Å²) in [6.07, 6.45) is 3.14. The number of nitrogens with two attached hydrogens (primary N) is 1. The number of methoxy groups -OCH3 is 1. The van der Waals surface area contributed by atoms with Crippen LogP contribution in [-0.4, -0.2) is 13.7 Å². The van der Waals surface area contributed by atoms with Crippen molar-refractivity contribution in [2.45, 2.75) is 31.3 Å². The zero-order valence-corrected chi connectivity index (χ0v) is 9.63. The van der Waals surface area contributed by atoms with E-state index < -0.39 is 0 Å². The van der Waals surface area contributed by atoms with E-state index in [1.807, 2.05) is 12.1 Å². The van der Waals surface area contributed by atoms with Crippen LogP contribution in [0.1, 0.15) is 30.4 Å². The van der Waals surface area contributed by atoms with Crippen LogP contribution in [-0.2, 0) is 16.8 Å². The maximum Gasteiger partial charge on any atom is 0.132 e. The first-order valence-electron chi connectivity index (χ1n) is 5.70. The molecule has 88 valence electrons. The fraction of sp³-hybridized carbons (Fsp3) is 0.538. The van der Waals surface area contributed by atoms with Crippen LogP contribution in [0.15, 0.2) is 18.2 Å². The number of rotatable bonds is 4. The summed E-state index contributed by atoms with van der Waals surface area (Å²) in [7, 11) is 1.58. The second-order valence-electron chi connectivity index (χ2n) is 4.55. The van der Waals surface area contributed by atoms with Crippen LogP contribution >= 0.6 is 0 Å². The molecule has 2 nitrogen and oxygen atoms in total. The Morgan fingerprint density at radius 2 is 2.19 bits per heavy atom. The molecule has 3 heteroatoms. The van der Waals surface area contributed by atoms with Gasteiger partial charge in [0.1, 0.15) is 5.82 Å². The Kier molecular flexibility index (Phi) is 3.26. The predicted octanol–water partition coefficient (Wildman–Crippen LogP) is 2.35. The quantitative estimate of drug-likeness (QED) is 0.850. The molecular weight excluding hydrogens is 205 g/mol. The van der Waals surface area contributed by atoms with E-state index in [1.54, 1.807) is 13.2 Å². The van der Waals surface area contributed by atoms with Gasteiger partial charge in [-0.05, 0) is 18.4 Å². The molecule has 0 amide bonds. The van der Waals surface area contributed by atoms with Crippen molar-refractivity contribution < 1.29 is 9.13 Å². The molecule has 0 radical (unpaired) electrons. The zero-order chi connectivity index (χ0) is 11.6. The van der Waals surface area contributed by atoms with E-state index >= 15 is 0 Å². The lowest BCUT2D eigenvalue weighted by Crippen LogP contribution is -2.42. The second kappa shape index (κ2) is 4.52. The number of benzene rings is 1. The summed E-state index contributed by atoms with van der Waals surface area (Å²) in [5, 5.41) is 0. The van der Waals surface area contributed by atoms with Crippen LogP contribution in [0.3, 0.4) is 0 Å². The number of ether oxygens (including phenoxy) is 1. The summed E-state index contributed by atoms with van der Waals surface area (Å²) in [4.78, 5) is 0. The molecule has 1 saturated carbocycles. The molecule has 0 aromatic heterocycles. The smallest absolute Gasteiger partial charge is 0.132 e. The molecule has 16 heavy (non-hydrogen) atoms. The van der Waals surface area contributed by atoms with Gasteiger partial charge >= 0.3 is 0 Å². The van der Waals surface area contributed by atoms with Gasteiger partial charge in [-0.25, -0.2) is 4.39 Å². The molecule has 0 heterocycles. The molecule has 0 spiro atoms. The molecule has 0 aliphatic heterocycles. The van der Waals surface area contributed by atoms with Crippen molar-refractivity contribution >= 4 is 0 Å². The van der Waals surface area contributed by atoms with Crippen LogP contribution in [0.25, 0.3) is 0 Å². The van der Waals surface area contributed by atoms with Crippen molar-refractivity contribution in [2.75, 3.05) is 13.7 Å². The van der Waals surface area contributed by atoms with Gasteiger partial charge in [0.25, 0.3) is 0 Å². The molecule has 2 N–H and O–H groups in total. The minimum absolute atomic E-state index is 0.117. The van der Waals surface area contributed by atoms with Gasteiger partial charge in [0, 0.05) is 24.6 Å².